The number of hydrogen-bond donors (Lipinski definition) is 1. The number of H-pyrrole nitrogens is 1. The van der Waals surface area contributed by atoms with E-state index in [1.807, 2.05) is 6.92 Å². The van der Waals surface area contributed by atoms with E-state index in [1.54, 1.807) is 49.4 Å². The number of fused-ring (bicyclic) bond motifs is 1. The molecule has 0 bridgehead atoms. The van der Waals surface area contributed by atoms with Gasteiger partial charge in [-0.05, 0) is 50.6 Å². The number of carbonyl (C=O) groups is 1. The van der Waals surface area contributed by atoms with Crippen molar-refractivity contribution in [3.05, 3.63) is 64.2 Å². The molecule has 0 saturated heterocycles. The van der Waals surface area contributed by atoms with Crippen molar-refractivity contribution in [3.8, 4) is 11.5 Å². The third kappa shape index (κ3) is 4.97. The van der Waals surface area contributed by atoms with E-state index in [0.29, 0.717) is 41.2 Å². The number of esters is 1. The number of carbonyl (C=O) groups excluding carboxylic acids is 1. The SMILES string of the molecule is CCCCOc1ccc(C(=O)O[C@H](C)c2nc3ccccc3c(=O)[nH]2)cc1OCC. The molecule has 158 valence electrons. The third-order valence-electron chi connectivity index (χ3n) is 4.53. The first-order chi connectivity index (χ1) is 14.5. The fourth-order valence-electron chi connectivity index (χ4n) is 2.93. The molecule has 0 fully saturated rings. The highest BCUT2D eigenvalue weighted by molar-refractivity contribution is 5.90. The van der Waals surface area contributed by atoms with Crippen LogP contribution in [0.25, 0.3) is 10.9 Å². The van der Waals surface area contributed by atoms with E-state index in [9.17, 15) is 9.59 Å². The summed E-state index contributed by atoms with van der Waals surface area (Å²) in [5.74, 6) is 0.833. The molecule has 7 nitrogen and oxygen atoms in total. The summed E-state index contributed by atoms with van der Waals surface area (Å²) in [6.07, 6.45) is 1.23. The minimum Gasteiger partial charge on any atom is -0.490 e. The lowest BCUT2D eigenvalue weighted by Crippen LogP contribution is -2.17. The molecule has 30 heavy (non-hydrogen) atoms. The molecule has 1 atom stereocenters. The van der Waals surface area contributed by atoms with Crippen LogP contribution >= 0.6 is 0 Å². The molecule has 0 radical (unpaired) electrons. The van der Waals surface area contributed by atoms with Gasteiger partial charge in [-0.25, -0.2) is 9.78 Å². The molecule has 1 heterocycles. The number of unbranched alkanes of at least 4 members (excludes halogenated alkanes) is 1. The van der Waals surface area contributed by atoms with Gasteiger partial charge in [-0.15, -0.1) is 0 Å². The largest absolute Gasteiger partial charge is 0.490 e. The van der Waals surface area contributed by atoms with Gasteiger partial charge in [0, 0.05) is 0 Å². The molecule has 0 aliphatic heterocycles. The summed E-state index contributed by atoms with van der Waals surface area (Å²) in [5.41, 5.74) is 0.605. The summed E-state index contributed by atoms with van der Waals surface area (Å²) >= 11 is 0. The fourth-order valence-corrected chi connectivity index (χ4v) is 2.93. The second-order valence-corrected chi connectivity index (χ2v) is 6.81. The van der Waals surface area contributed by atoms with E-state index >= 15 is 0 Å². The Morgan fingerprint density at radius 2 is 1.90 bits per heavy atom. The van der Waals surface area contributed by atoms with E-state index in [2.05, 4.69) is 16.9 Å². The molecule has 0 aliphatic rings. The zero-order valence-electron chi connectivity index (χ0n) is 17.4. The van der Waals surface area contributed by atoms with Crippen LogP contribution in [0.5, 0.6) is 11.5 Å². The zero-order chi connectivity index (χ0) is 21.5. The van der Waals surface area contributed by atoms with Crippen LogP contribution in [0.2, 0.25) is 0 Å². The van der Waals surface area contributed by atoms with E-state index in [0.717, 1.165) is 12.8 Å². The average Bonchev–Trinajstić information content (AvgIpc) is 2.75. The van der Waals surface area contributed by atoms with Crippen molar-refractivity contribution in [2.75, 3.05) is 13.2 Å². The first-order valence-electron chi connectivity index (χ1n) is 10.1. The molecular weight excluding hydrogens is 384 g/mol. The molecule has 0 saturated carbocycles. The van der Waals surface area contributed by atoms with Crippen molar-refractivity contribution >= 4 is 16.9 Å². The average molecular weight is 410 g/mol. The zero-order valence-corrected chi connectivity index (χ0v) is 17.4. The van der Waals surface area contributed by atoms with Gasteiger partial charge in [-0.1, -0.05) is 25.5 Å². The number of aromatic nitrogens is 2. The summed E-state index contributed by atoms with van der Waals surface area (Å²) < 4.78 is 16.9. The van der Waals surface area contributed by atoms with Crippen LogP contribution < -0.4 is 15.0 Å². The lowest BCUT2D eigenvalue weighted by Gasteiger charge is -2.15. The topological polar surface area (TPSA) is 90.5 Å². The monoisotopic (exact) mass is 410 g/mol. The number of aromatic amines is 1. The van der Waals surface area contributed by atoms with Crippen LogP contribution in [0, 0.1) is 0 Å². The normalized spacial score (nSPS) is 11.8. The van der Waals surface area contributed by atoms with Gasteiger partial charge < -0.3 is 19.2 Å². The second-order valence-electron chi connectivity index (χ2n) is 6.81. The standard InChI is InChI=1S/C23H26N2O5/c1-4-6-13-29-19-12-11-16(14-20(19)28-5-2)23(27)30-15(3)21-24-18-10-8-7-9-17(18)22(26)25-21/h7-12,14-15H,4-6,13H2,1-3H3,(H,24,25,26)/t15-/m1/s1. The van der Waals surface area contributed by atoms with Crippen LogP contribution in [-0.4, -0.2) is 29.2 Å². The van der Waals surface area contributed by atoms with Gasteiger partial charge in [0.1, 0.15) is 0 Å². The van der Waals surface area contributed by atoms with Gasteiger partial charge in [0.2, 0.25) is 0 Å². The Bertz CT molecular complexity index is 1080. The van der Waals surface area contributed by atoms with Crippen molar-refractivity contribution in [2.24, 2.45) is 0 Å². The smallest absolute Gasteiger partial charge is 0.338 e. The Kier molecular flexibility index (Phi) is 7.06. The lowest BCUT2D eigenvalue weighted by molar-refractivity contribution is 0.0319. The molecule has 0 amide bonds. The molecule has 1 aromatic heterocycles. The minimum atomic E-state index is -0.731. The highest BCUT2D eigenvalue weighted by Crippen LogP contribution is 2.29. The number of para-hydroxylation sites is 1. The predicted molar refractivity (Wildman–Crippen MR) is 114 cm³/mol. The van der Waals surface area contributed by atoms with Crippen LogP contribution in [0.1, 0.15) is 55.9 Å². The molecule has 3 rings (SSSR count). The summed E-state index contributed by atoms with van der Waals surface area (Å²) in [6, 6.07) is 12.0. The maximum Gasteiger partial charge on any atom is 0.338 e. The molecular formula is C23H26N2O5. The molecule has 0 unspecified atom stereocenters. The number of nitrogens with zero attached hydrogens (tertiary/aromatic N) is 1. The third-order valence-corrected chi connectivity index (χ3v) is 4.53. The van der Waals surface area contributed by atoms with Gasteiger partial charge in [0.15, 0.2) is 23.4 Å². The van der Waals surface area contributed by atoms with Crippen LogP contribution in [0.4, 0.5) is 0 Å². The fraction of sp³-hybridized carbons (Fsp3) is 0.348. The van der Waals surface area contributed by atoms with E-state index in [1.165, 1.54) is 0 Å². The van der Waals surface area contributed by atoms with Gasteiger partial charge in [-0.2, -0.15) is 0 Å². The van der Waals surface area contributed by atoms with Crippen molar-refractivity contribution in [3.63, 3.8) is 0 Å². The van der Waals surface area contributed by atoms with Gasteiger partial charge in [-0.3, -0.25) is 4.79 Å². The molecule has 1 N–H and O–H groups in total. The highest BCUT2D eigenvalue weighted by atomic mass is 16.5. The van der Waals surface area contributed by atoms with Gasteiger partial charge >= 0.3 is 5.97 Å². The summed E-state index contributed by atoms with van der Waals surface area (Å²) in [7, 11) is 0. The Labute approximate surface area is 175 Å². The van der Waals surface area contributed by atoms with Crippen molar-refractivity contribution in [1.82, 2.24) is 9.97 Å². The molecule has 3 aromatic rings. The van der Waals surface area contributed by atoms with Gasteiger partial charge in [0.05, 0.1) is 29.7 Å². The quantitative estimate of drug-likeness (QED) is 0.415. The molecule has 2 aromatic carbocycles. The molecule has 7 heteroatoms. The Hall–Kier alpha value is -3.35. The maximum absolute atomic E-state index is 12.7. The van der Waals surface area contributed by atoms with Crippen LogP contribution in [-0.2, 0) is 4.74 Å². The predicted octanol–water partition coefficient (Wildman–Crippen LogP) is 4.42. The minimum absolute atomic E-state index is 0.272. The molecule has 0 spiro atoms. The Morgan fingerprint density at radius 1 is 1.10 bits per heavy atom. The number of hydrogen-bond acceptors (Lipinski definition) is 6. The lowest BCUT2D eigenvalue weighted by atomic mass is 10.2. The number of ether oxygens (including phenoxy) is 3. The highest BCUT2D eigenvalue weighted by Gasteiger charge is 2.19. The van der Waals surface area contributed by atoms with Crippen LogP contribution in [0.3, 0.4) is 0 Å². The second kappa shape index (κ2) is 9.91. The number of nitrogens with one attached hydrogen (secondary N) is 1. The molecule has 0 aliphatic carbocycles. The van der Waals surface area contributed by atoms with Gasteiger partial charge in [0.25, 0.3) is 5.56 Å². The first kappa shape index (κ1) is 21.4. The first-order valence-corrected chi connectivity index (χ1v) is 10.1. The maximum atomic E-state index is 12.7. The van der Waals surface area contributed by atoms with Crippen molar-refractivity contribution in [2.45, 2.75) is 39.7 Å². The van der Waals surface area contributed by atoms with E-state index in [4.69, 9.17) is 14.2 Å². The summed E-state index contributed by atoms with van der Waals surface area (Å²) in [4.78, 5) is 32.0. The number of rotatable bonds is 9. The Morgan fingerprint density at radius 3 is 2.67 bits per heavy atom. The van der Waals surface area contributed by atoms with E-state index in [-0.39, 0.29) is 11.4 Å². The Balaban J connectivity index is 1.77. The van der Waals surface area contributed by atoms with Crippen LogP contribution in [0.15, 0.2) is 47.3 Å². The van der Waals surface area contributed by atoms with E-state index < -0.39 is 12.1 Å². The number of benzene rings is 2. The van der Waals surface area contributed by atoms with Crippen molar-refractivity contribution < 1.29 is 19.0 Å². The van der Waals surface area contributed by atoms with Crippen molar-refractivity contribution in [1.29, 1.82) is 0 Å². The summed E-state index contributed by atoms with van der Waals surface area (Å²) in [5, 5.41) is 0.486. The summed E-state index contributed by atoms with van der Waals surface area (Å²) in [6.45, 7) is 6.64.